The van der Waals surface area contributed by atoms with Gasteiger partial charge in [-0.1, -0.05) is 49.9 Å². The number of halogens is 3. The van der Waals surface area contributed by atoms with Crippen molar-refractivity contribution in [2.75, 3.05) is 11.9 Å². The minimum absolute atomic E-state index is 0.179. The molecule has 164 valence electrons. The van der Waals surface area contributed by atoms with E-state index in [1.807, 2.05) is 63.9 Å². The van der Waals surface area contributed by atoms with E-state index in [1.54, 1.807) is 12.1 Å². The highest BCUT2D eigenvalue weighted by Crippen LogP contribution is 2.43. The molecule has 0 atom stereocenters. The number of benzene rings is 2. The smallest absolute Gasteiger partial charge is 0.357 e. The minimum atomic E-state index is -4.48. The summed E-state index contributed by atoms with van der Waals surface area (Å²) < 4.78 is 41.9. The molecule has 3 nitrogen and oxygen atoms in total. The fourth-order valence-electron chi connectivity index (χ4n) is 3.13. The second-order valence-electron chi connectivity index (χ2n) is 7.97. The van der Waals surface area contributed by atoms with E-state index < -0.39 is 11.7 Å². The van der Waals surface area contributed by atoms with Crippen LogP contribution in [-0.2, 0) is 6.18 Å². The Hall–Kier alpha value is -2.54. The van der Waals surface area contributed by atoms with Crippen molar-refractivity contribution in [2.24, 2.45) is 0 Å². The topological polar surface area (TPSA) is 29.0 Å². The molecule has 0 aliphatic rings. The third-order valence-corrected chi connectivity index (χ3v) is 6.30. The summed E-state index contributed by atoms with van der Waals surface area (Å²) in [5.74, 6) is 0.882. The summed E-state index contributed by atoms with van der Waals surface area (Å²) in [7, 11) is 1.89. The molecule has 0 aliphatic carbocycles. The van der Waals surface area contributed by atoms with Crippen LogP contribution < -0.4 is 4.90 Å². The van der Waals surface area contributed by atoms with E-state index in [0.717, 1.165) is 22.2 Å². The lowest BCUT2D eigenvalue weighted by molar-refractivity contribution is -0.139. The predicted octanol–water partition coefficient (Wildman–Crippen LogP) is 7.28. The average molecular weight is 446 g/mol. The van der Waals surface area contributed by atoms with Crippen LogP contribution >= 0.6 is 11.8 Å². The van der Waals surface area contributed by atoms with Gasteiger partial charge in [-0.15, -0.1) is 0 Å². The van der Waals surface area contributed by atoms with Crippen molar-refractivity contribution in [1.82, 2.24) is 9.97 Å². The van der Waals surface area contributed by atoms with E-state index in [1.165, 1.54) is 18.5 Å². The maximum atomic E-state index is 14.0. The van der Waals surface area contributed by atoms with Crippen LogP contribution in [0.15, 0.2) is 64.6 Å². The fourth-order valence-corrected chi connectivity index (χ4v) is 4.36. The van der Waals surface area contributed by atoms with Gasteiger partial charge in [0.05, 0.1) is 11.3 Å². The van der Waals surface area contributed by atoms with E-state index in [-0.39, 0.29) is 16.9 Å². The molecule has 1 heterocycles. The van der Waals surface area contributed by atoms with Gasteiger partial charge in [0.15, 0.2) is 0 Å². The Morgan fingerprint density at radius 2 is 1.61 bits per heavy atom. The molecule has 7 heteroatoms. The summed E-state index contributed by atoms with van der Waals surface area (Å²) >= 11 is 1.15. The molecule has 3 rings (SSSR count). The van der Waals surface area contributed by atoms with Gasteiger partial charge in [0.2, 0.25) is 0 Å². The van der Waals surface area contributed by atoms with Gasteiger partial charge >= 0.3 is 6.18 Å². The number of anilines is 1. The van der Waals surface area contributed by atoms with Crippen molar-refractivity contribution in [3.63, 3.8) is 0 Å². The molecule has 0 fully saturated rings. The number of rotatable bonds is 6. The van der Waals surface area contributed by atoms with E-state index in [4.69, 9.17) is 0 Å². The van der Waals surface area contributed by atoms with Crippen molar-refractivity contribution in [3.8, 4) is 11.3 Å². The molecule has 0 spiro atoms. The Labute approximate surface area is 185 Å². The molecule has 2 aromatic carbocycles. The van der Waals surface area contributed by atoms with Gasteiger partial charge in [-0.3, -0.25) is 0 Å². The van der Waals surface area contributed by atoms with Gasteiger partial charge in [0, 0.05) is 34.5 Å². The highest BCUT2D eigenvalue weighted by Gasteiger charge is 2.34. The average Bonchev–Trinajstić information content (AvgIpc) is 2.73. The summed E-state index contributed by atoms with van der Waals surface area (Å²) in [6, 6.07) is 13.9. The highest BCUT2D eigenvalue weighted by atomic mass is 32.2. The molecule has 0 radical (unpaired) electrons. The van der Waals surface area contributed by atoms with Crippen molar-refractivity contribution in [1.29, 1.82) is 0 Å². The van der Waals surface area contributed by atoms with E-state index >= 15 is 0 Å². The lowest BCUT2D eigenvalue weighted by Crippen LogP contribution is -2.26. The molecule has 0 amide bonds. The van der Waals surface area contributed by atoms with Crippen LogP contribution in [0, 0.1) is 0 Å². The molecule has 0 saturated carbocycles. The van der Waals surface area contributed by atoms with Gasteiger partial charge in [0.1, 0.15) is 12.1 Å². The molecule has 0 bridgehead atoms. The Kier molecular flexibility index (Phi) is 6.94. The zero-order valence-electron chi connectivity index (χ0n) is 18.2. The SMILES string of the molecule is CC(C)c1ccccc1Sc1ccc(-c2cc(N(C)C(C)C)ncn2)cc1C(F)(F)F. The predicted molar refractivity (Wildman–Crippen MR) is 121 cm³/mol. The lowest BCUT2D eigenvalue weighted by atomic mass is 10.0. The second-order valence-corrected chi connectivity index (χ2v) is 9.05. The number of hydrogen-bond donors (Lipinski definition) is 0. The van der Waals surface area contributed by atoms with Crippen LogP contribution in [0.1, 0.15) is 44.7 Å². The Bertz CT molecular complexity index is 1050. The number of nitrogens with zero attached hydrogens (tertiary/aromatic N) is 3. The summed E-state index contributed by atoms with van der Waals surface area (Å²) in [4.78, 5) is 11.4. The summed E-state index contributed by atoms with van der Waals surface area (Å²) in [6.07, 6.45) is -3.09. The Morgan fingerprint density at radius 1 is 0.903 bits per heavy atom. The minimum Gasteiger partial charge on any atom is -0.357 e. The zero-order chi connectivity index (χ0) is 22.8. The maximum absolute atomic E-state index is 14.0. The molecule has 0 unspecified atom stereocenters. The molecular weight excluding hydrogens is 419 g/mol. The molecule has 31 heavy (non-hydrogen) atoms. The van der Waals surface area contributed by atoms with Gasteiger partial charge < -0.3 is 4.90 Å². The van der Waals surface area contributed by atoms with Crippen LogP contribution in [0.25, 0.3) is 11.3 Å². The molecule has 0 N–H and O–H groups in total. The number of aromatic nitrogens is 2. The van der Waals surface area contributed by atoms with Crippen molar-refractivity contribution in [2.45, 2.75) is 55.6 Å². The van der Waals surface area contributed by atoms with Gasteiger partial charge in [-0.25, -0.2) is 9.97 Å². The quantitative estimate of drug-likeness (QED) is 0.399. The monoisotopic (exact) mass is 445 g/mol. The molecule has 0 saturated heterocycles. The number of hydrogen-bond acceptors (Lipinski definition) is 4. The zero-order valence-corrected chi connectivity index (χ0v) is 19.1. The van der Waals surface area contributed by atoms with Crippen LogP contribution in [0.4, 0.5) is 19.0 Å². The van der Waals surface area contributed by atoms with Crippen LogP contribution in [0.5, 0.6) is 0 Å². The van der Waals surface area contributed by atoms with Crippen LogP contribution in [0.3, 0.4) is 0 Å². The Balaban J connectivity index is 2.04. The normalized spacial score (nSPS) is 11.9. The first kappa shape index (κ1) is 23.1. The van der Waals surface area contributed by atoms with Crippen LogP contribution in [-0.4, -0.2) is 23.1 Å². The van der Waals surface area contributed by atoms with E-state index in [0.29, 0.717) is 17.1 Å². The van der Waals surface area contributed by atoms with Gasteiger partial charge in [0.25, 0.3) is 0 Å². The van der Waals surface area contributed by atoms with Crippen molar-refractivity contribution in [3.05, 3.63) is 66.0 Å². The van der Waals surface area contributed by atoms with E-state index in [9.17, 15) is 13.2 Å². The third-order valence-electron chi connectivity index (χ3n) is 5.13. The summed E-state index contributed by atoms with van der Waals surface area (Å²) in [6.45, 7) is 8.11. The third kappa shape index (κ3) is 5.39. The molecular formula is C24H26F3N3S. The summed E-state index contributed by atoms with van der Waals surface area (Å²) in [5.41, 5.74) is 1.24. The second kappa shape index (κ2) is 9.30. The lowest BCUT2D eigenvalue weighted by Gasteiger charge is -2.22. The van der Waals surface area contributed by atoms with Crippen molar-refractivity contribution >= 4 is 17.6 Å². The maximum Gasteiger partial charge on any atom is 0.417 e. The largest absolute Gasteiger partial charge is 0.417 e. The first-order valence-corrected chi connectivity index (χ1v) is 10.9. The van der Waals surface area contributed by atoms with Crippen LogP contribution in [0.2, 0.25) is 0 Å². The molecule has 1 aromatic heterocycles. The Morgan fingerprint density at radius 3 is 2.26 bits per heavy atom. The van der Waals surface area contributed by atoms with E-state index in [2.05, 4.69) is 9.97 Å². The first-order valence-electron chi connectivity index (χ1n) is 10.1. The molecule has 0 aliphatic heterocycles. The highest BCUT2D eigenvalue weighted by molar-refractivity contribution is 7.99. The van der Waals surface area contributed by atoms with Gasteiger partial charge in [-0.2, -0.15) is 13.2 Å². The van der Waals surface area contributed by atoms with Gasteiger partial charge in [-0.05, 0) is 43.5 Å². The fraction of sp³-hybridized carbons (Fsp3) is 0.333. The number of alkyl halides is 3. The van der Waals surface area contributed by atoms with Crippen molar-refractivity contribution < 1.29 is 13.2 Å². The summed E-state index contributed by atoms with van der Waals surface area (Å²) in [5, 5.41) is 0. The molecule has 3 aromatic rings. The first-order chi connectivity index (χ1) is 14.6. The standard InChI is InChI=1S/C24H26F3N3S/c1-15(2)18-8-6-7-9-21(18)31-22-11-10-17(12-19(22)24(25,26)27)20-13-23(29-14-28-20)30(5)16(3)4/h6-16H,1-5H3.